The molecule has 0 aliphatic heterocycles. The van der Waals surface area contributed by atoms with Gasteiger partial charge in [0.2, 0.25) is 10.0 Å². The summed E-state index contributed by atoms with van der Waals surface area (Å²) in [5, 5.41) is 2.31. The molecule has 1 amide bonds. The van der Waals surface area contributed by atoms with E-state index in [0.29, 0.717) is 5.75 Å². The second kappa shape index (κ2) is 8.90. The molecule has 0 aliphatic rings. The van der Waals surface area contributed by atoms with Crippen molar-refractivity contribution in [1.29, 1.82) is 0 Å². The van der Waals surface area contributed by atoms with E-state index < -0.39 is 34.5 Å². The van der Waals surface area contributed by atoms with E-state index in [9.17, 15) is 18.0 Å². The number of methoxy groups -OCH3 is 1. The summed E-state index contributed by atoms with van der Waals surface area (Å²) in [6.45, 7) is 0.772. The van der Waals surface area contributed by atoms with Gasteiger partial charge in [0, 0.05) is 0 Å². The summed E-state index contributed by atoms with van der Waals surface area (Å²) >= 11 is 0. The SMILES string of the molecule is C#CCNC(=O)COC(=O)[C@H](C)NS(=O)(=O)c1ccc(OC)cc1. The van der Waals surface area contributed by atoms with Crippen LogP contribution in [0.15, 0.2) is 29.2 Å². The van der Waals surface area contributed by atoms with Gasteiger partial charge in [0.15, 0.2) is 6.61 Å². The minimum absolute atomic E-state index is 0.00996. The van der Waals surface area contributed by atoms with E-state index in [1.54, 1.807) is 0 Å². The predicted octanol–water partition coefficient (Wildman–Crippen LogP) is -0.345. The van der Waals surface area contributed by atoms with Crippen LogP contribution in [0.2, 0.25) is 0 Å². The van der Waals surface area contributed by atoms with Crippen molar-refractivity contribution in [2.24, 2.45) is 0 Å². The third-order valence-electron chi connectivity index (χ3n) is 2.79. The van der Waals surface area contributed by atoms with Crippen LogP contribution in [0.5, 0.6) is 5.75 Å². The molecule has 130 valence electrons. The molecule has 0 aliphatic carbocycles. The molecule has 8 nitrogen and oxygen atoms in total. The first-order valence-electron chi connectivity index (χ1n) is 6.83. The van der Waals surface area contributed by atoms with E-state index in [0.717, 1.165) is 0 Å². The van der Waals surface area contributed by atoms with Crippen LogP contribution < -0.4 is 14.8 Å². The first-order valence-corrected chi connectivity index (χ1v) is 8.31. The van der Waals surface area contributed by atoms with Crippen LogP contribution in [0, 0.1) is 12.3 Å². The molecule has 0 heterocycles. The molecule has 0 spiro atoms. The molecule has 0 radical (unpaired) electrons. The Morgan fingerprint density at radius 1 is 1.29 bits per heavy atom. The van der Waals surface area contributed by atoms with E-state index in [1.165, 1.54) is 38.3 Å². The fourth-order valence-electron chi connectivity index (χ4n) is 1.57. The van der Waals surface area contributed by atoms with E-state index in [2.05, 4.69) is 16.0 Å². The summed E-state index contributed by atoms with van der Waals surface area (Å²) in [6.07, 6.45) is 4.97. The lowest BCUT2D eigenvalue weighted by atomic mass is 10.3. The maximum Gasteiger partial charge on any atom is 0.324 e. The summed E-state index contributed by atoms with van der Waals surface area (Å²) in [5.41, 5.74) is 0. The van der Waals surface area contributed by atoms with E-state index >= 15 is 0 Å². The van der Waals surface area contributed by atoms with Gasteiger partial charge in [-0.25, -0.2) is 8.42 Å². The summed E-state index contributed by atoms with van der Waals surface area (Å²) in [5.74, 6) is 1.23. The molecule has 0 unspecified atom stereocenters. The first-order chi connectivity index (χ1) is 11.3. The number of rotatable bonds is 8. The molecule has 1 rings (SSSR count). The Balaban J connectivity index is 2.61. The highest BCUT2D eigenvalue weighted by molar-refractivity contribution is 7.89. The van der Waals surface area contributed by atoms with Gasteiger partial charge in [-0.15, -0.1) is 6.42 Å². The number of hydrogen-bond donors (Lipinski definition) is 2. The fraction of sp³-hybridized carbons (Fsp3) is 0.333. The lowest BCUT2D eigenvalue weighted by molar-refractivity contribution is -0.149. The largest absolute Gasteiger partial charge is 0.497 e. The molecule has 9 heteroatoms. The van der Waals surface area contributed by atoms with Gasteiger partial charge >= 0.3 is 5.97 Å². The van der Waals surface area contributed by atoms with E-state index in [4.69, 9.17) is 15.9 Å². The number of ether oxygens (including phenoxy) is 2. The zero-order valence-electron chi connectivity index (χ0n) is 13.2. The van der Waals surface area contributed by atoms with Crippen LogP contribution in [0.1, 0.15) is 6.92 Å². The number of terminal acetylenes is 1. The number of benzene rings is 1. The number of sulfonamides is 1. The van der Waals surface area contributed by atoms with E-state index in [1.807, 2.05) is 0 Å². The van der Waals surface area contributed by atoms with Crippen LogP contribution in [-0.4, -0.2) is 46.6 Å². The third-order valence-corrected chi connectivity index (χ3v) is 4.34. The Morgan fingerprint density at radius 3 is 2.46 bits per heavy atom. The molecular weight excluding hydrogens is 336 g/mol. The van der Waals surface area contributed by atoms with Crippen LogP contribution in [-0.2, 0) is 24.3 Å². The van der Waals surface area contributed by atoms with Crippen LogP contribution in [0.3, 0.4) is 0 Å². The van der Waals surface area contributed by atoms with Gasteiger partial charge in [-0.05, 0) is 31.2 Å². The molecule has 0 saturated carbocycles. The number of esters is 1. The molecule has 24 heavy (non-hydrogen) atoms. The van der Waals surface area contributed by atoms with Gasteiger partial charge in [-0.2, -0.15) is 4.72 Å². The zero-order valence-corrected chi connectivity index (χ0v) is 14.1. The highest BCUT2D eigenvalue weighted by Crippen LogP contribution is 2.15. The Morgan fingerprint density at radius 2 is 1.92 bits per heavy atom. The second-order valence-corrected chi connectivity index (χ2v) is 6.32. The first kappa shape index (κ1) is 19.5. The minimum atomic E-state index is -3.92. The average Bonchev–Trinajstić information content (AvgIpc) is 2.57. The van der Waals surface area contributed by atoms with Gasteiger partial charge < -0.3 is 14.8 Å². The van der Waals surface area contributed by atoms with Crippen LogP contribution in [0.25, 0.3) is 0 Å². The van der Waals surface area contributed by atoms with Gasteiger partial charge in [-0.3, -0.25) is 9.59 Å². The summed E-state index contributed by atoms with van der Waals surface area (Å²) < 4.78 is 36.2. The van der Waals surface area contributed by atoms with Gasteiger partial charge in [0.1, 0.15) is 11.8 Å². The van der Waals surface area contributed by atoms with Crippen molar-refractivity contribution in [1.82, 2.24) is 10.0 Å². The van der Waals surface area contributed by atoms with Crippen molar-refractivity contribution >= 4 is 21.9 Å². The van der Waals surface area contributed by atoms with Crippen LogP contribution >= 0.6 is 0 Å². The lowest BCUT2D eigenvalue weighted by Crippen LogP contribution is -2.40. The maximum absolute atomic E-state index is 12.2. The van der Waals surface area contributed by atoms with Crippen molar-refractivity contribution in [3.05, 3.63) is 24.3 Å². The lowest BCUT2D eigenvalue weighted by Gasteiger charge is -2.13. The summed E-state index contributed by atoms with van der Waals surface area (Å²) in [4.78, 5) is 23.0. The van der Waals surface area contributed by atoms with Crippen molar-refractivity contribution in [2.45, 2.75) is 17.9 Å². The molecule has 0 saturated heterocycles. The molecule has 0 bridgehead atoms. The third kappa shape index (κ3) is 5.91. The monoisotopic (exact) mass is 354 g/mol. The number of carbonyl (C=O) groups excluding carboxylic acids is 2. The second-order valence-electron chi connectivity index (χ2n) is 4.61. The molecular formula is C15H18N2O6S. The van der Waals surface area contributed by atoms with Gasteiger partial charge in [0.05, 0.1) is 18.6 Å². The standard InChI is InChI=1S/C15H18N2O6S/c1-4-9-16-14(18)10-23-15(19)11(2)17-24(20,21)13-7-5-12(22-3)6-8-13/h1,5-8,11,17H,9-10H2,2-3H3,(H,16,18)/t11-/m0/s1. The molecule has 0 aromatic heterocycles. The smallest absolute Gasteiger partial charge is 0.324 e. The average molecular weight is 354 g/mol. The fourth-order valence-corrected chi connectivity index (χ4v) is 2.76. The van der Waals surface area contributed by atoms with Crippen molar-refractivity contribution < 1.29 is 27.5 Å². The Kier molecular flexibility index (Phi) is 7.23. The van der Waals surface area contributed by atoms with Crippen molar-refractivity contribution in [2.75, 3.05) is 20.3 Å². The zero-order chi connectivity index (χ0) is 18.2. The number of hydrogen-bond acceptors (Lipinski definition) is 6. The summed E-state index contributed by atoms with van der Waals surface area (Å²) in [7, 11) is -2.46. The highest BCUT2D eigenvalue weighted by Gasteiger charge is 2.23. The normalized spacial score (nSPS) is 11.9. The number of carbonyl (C=O) groups is 2. The highest BCUT2D eigenvalue weighted by atomic mass is 32.2. The molecule has 1 aromatic carbocycles. The Hall–Kier alpha value is -2.57. The topological polar surface area (TPSA) is 111 Å². The summed E-state index contributed by atoms with van der Waals surface area (Å²) in [6, 6.07) is 4.47. The predicted molar refractivity (Wildman–Crippen MR) is 85.6 cm³/mol. The van der Waals surface area contributed by atoms with Crippen molar-refractivity contribution in [3.8, 4) is 18.1 Å². The Bertz CT molecular complexity index is 721. The minimum Gasteiger partial charge on any atom is -0.497 e. The molecule has 2 N–H and O–H groups in total. The van der Waals surface area contributed by atoms with Gasteiger partial charge in [-0.1, -0.05) is 5.92 Å². The Labute approximate surface area is 140 Å². The van der Waals surface area contributed by atoms with E-state index in [-0.39, 0.29) is 11.4 Å². The number of amides is 1. The molecule has 1 aromatic rings. The quantitative estimate of drug-likeness (QED) is 0.488. The molecule has 1 atom stereocenters. The number of nitrogens with one attached hydrogen (secondary N) is 2. The maximum atomic E-state index is 12.2. The van der Waals surface area contributed by atoms with Crippen LogP contribution in [0.4, 0.5) is 0 Å². The van der Waals surface area contributed by atoms with Gasteiger partial charge in [0.25, 0.3) is 5.91 Å². The molecule has 0 fully saturated rings. The van der Waals surface area contributed by atoms with Crippen molar-refractivity contribution in [3.63, 3.8) is 0 Å².